The minimum Gasteiger partial charge on any atom is -0.493 e. The molecule has 116 valence electrons. The number of nitrogens with one attached hydrogen (secondary N) is 2. The molecule has 0 bridgehead atoms. The number of H-pyrrole nitrogens is 1. The predicted octanol–water partition coefficient (Wildman–Crippen LogP) is 2.96. The number of amides is 1. The Kier molecular flexibility index (Phi) is 3.64. The van der Waals surface area contributed by atoms with Crippen LogP contribution in [0, 0.1) is 0 Å². The van der Waals surface area contributed by atoms with Gasteiger partial charge < -0.3 is 10.1 Å². The zero-order chi connectivity index (χ0) is 15.7. The summed E-state index contributed by atoms with van der Waals surface area (Å²) in [5.41, 5.74) is 2.34. The molecule has 3 rings (SSSR count). The molecule has 1 aromatic heterocycles. The summed E-state index contributed by atoms with van der Waals surface area (Å²) >= 11 is 0. The van der Waals surface area contributed by atoms with Crippen molar-refractivity contribution in [3.05, 3.63) is 47.3 Å². The van der Waals surface area contributed by atoms with Gasteiger partial charge in [-0.1, -0.05) is 39.0 Å². The van der Waals surface area contributed by atoms with Gasteiger partial charge in [-0.2, -0.15) is 5.10 Å². The van der Waals surface area contributed by atoms with E-state index in [0.717, 1.165) is 23.4 Å². The molecule has 0 fully saturated rings. The van der Waals surface area contributed by atoms with Crippen molar-refractivity contribution < 1.29 is 9.53 Å². The van der Waals surface area contributed by atoms with Gasteiger partial charge in [0.25, 0.3) is 5.91 Å². The van der Waals surface area contributed by atoms with Crippen molar-refractivity contribution in [1.29, 1.82) is 0 Å². The number of hydrogen-bond donors (Lipinski definition) is 2. The molecule has 0 spiro atoms. The van der Waals surface area contributed by atoms with Gasteiger partial charge in [-0.3, -0.25) is 9.89 Å². The number of para-hydroxylation sites is 1. The summed E-state index contributed by atoms with van der Waals surface area (Å²) in [6.07, 6.45) is 0.763. The number of ether oxygens (including phenoxy) is 1. The molecule has 0 radical (unpaired) electrons. The van der Waals surface area contributed by atoms with Crippen LogP contribution in [-0.4, -0.2) is 22.7 Å². The Morgan fingerprint density at radius 3 is 2.86 bits per heavy atom. The lowest BCUT2D eigenvalue weighted by molar-refractivity contribution is 0.0919. The average Bonchev–Trinajstić information content (AvgIpc) is 2.98. The van der Waals surface area contributed by atoms with Crippen LogP contribution in [0.25, 0.3) is 0 Å². The summed E-state index contributed by atoms with van der Waals surface area (Å²) in [5.74, 6) is 0.685. The van der Waals surface area contributed by atoms with Gasteiger partial charge in [0.2, 0.25) is 0 Å². The van der Waals surface area contributed by atoms with Gasteiger partial charge in [0, 0.05) is 23.1 Å². The van der Waals surface area contributed by atoms with E-state index in [0.29, 0.717) is 12.3 Å². The third-order valence-corrected chi connectivity index (χ3v) is 3.88. The van der Waals surface area contributed by atoms with Gasteiger partial charge in [-0.05, 0) is 12.1 Å². The normalized spacial score (nSPS) is 17.5. The highest BCUT2D eigenvalue weighted by Gasteiger charge is 2.25. The van der Waals surface area contributed by atoms with Gasteiger partial charge in [-0.15, -0.1) is 0 Å². The average molecular weight is 299 g/mol. The third-order valence-electron chi connectivity index (χ3n) is 3.88. The molecule has 5 heteroatoms. The third kappa shape index (κ3) is 2.84. The zero-order valence-electron chi connectivity index (χ0n) is 13.1. The van der Waals surface area contributed by atoms with Crippen LogP contribution in [0.3, 0.4) is 0 Å². The van der Waals surface area contributed by atoms with Gasteiger partial charge in [0.15, 0.2) is 0 Å². The van der Waals surface area contributed by atoms with Crippen LogP contribution in [0.5, 0.6) is 5.75 Å². The van der Waals surface area contributed by atoms with Crippen LogP contribution in [-0.2, 0) is 5.41 Å². The topological polar surface area (TPSA) is 67.0 Å². The molecular weight excluding hydrogens is 278 g/mol. The maximum atomic E-state index is 12.4. The van der Waals surface area contributed by atoms with E-state index in [-0.39, 0.29) is 17.4 Å². The van der Waals surface area contributed by atoms with Crippen LogP contribution >= 0.6 is 0 Å². The molecule has 2 N–H and O–H groups in total. The lowest BCUT2D eigenvalue weighted by atomic mass is 9.92. The highest BCUT2D eigenvalue weighted by atomic mass is 16.5. The van der Waals surface area contributed by atoms with Crippen LogP contribution in [0.1, 0.15) is 55.0 Å². The van der Waals surface area contributed by atoms with Gasteiger partial charge >= 0.3 is 0 Å². The number of fused-ring (bicyclic) bond motifs is 1. The van der Waals surface area contributed by atoms with Crippen LogP contribution < -0.4 is 10.1 Å². The Balaban J connectivity index is 1.77. The molecule has 0 saturated carbocycles. The summed E-state index contributed by atoms with van der Waals surface area (Å²) < 4.78 is 5.62. The number of carbonyl (C=O) groups is 1. The van der Waals surface area contributed by atoms with E-state index < -0.39 is 0 Å². The second kappa shape index (κ2) is 5.48. The number of rotatable bonds is 2. The second-order valence-electron chi connectivity index (χ2n) is 6.62. The first-order chi connectivity index (χ1) is 10.4. The summed E-state index contributed by atoms with van der Waals surface area (Å²) in [7, 11) is 0. The molecule has 5 nitrogen and oxygen atoms in total. The Hall–Kier alpha value is -2.30. The van der Waals surface area contributed by atoms with Crippen molar-refractivity contribution in [1.82, 2.24) is 15.5 Å². The van der Waals surface area contributed by atoms with Crippen molar-refractivity contribution in [3.8, 4) is 5.75 Å². The van der Waals surface area contributed by atoms with Crippen molar-refractivity contribution in [2.75, 3.05) is 6.61 Å². The fourth-order valence-electron chi connectivity index (χ4n) is 2.55. The lowest BCUT2D eigenvalue weighted by Gasteiger charge is -2.26. The van der Waals surface area contributed by atoms with Crippen LogP contribution in [0.15, 0.2) is 30.3 Å². The number of aromatic nitrogens is 2. The second-order valence-corrected chi connectivity index (χ2v) is 6.62. The number of nitrogens with zero attached hydrogens (tertiary/aromatic N) is 1. The maximum Gasteiger partial charge on any atom is 0.272 e. The molecule has 2 aromatic rings. The Morgan fingerprint density at radius 2 is 2.14 bits per heavy atom. The predicted molar refractivity (Wildman–Crippen MR) is 84.0 cm³/mol. The number of benzene rings is 1. The summed E-state index contributed by atoms with van der Waals surface area (Å²) in [6.45, 7) is 6.85. The van der Waals surface area contributed by atoms with Crippen molar-refractivity contribution in [2.45, 2.75) is 38.6 Å². The summed E-state index contributed by atoms with van der Waals surface area (Å²) in [6, 6.07) is 9.60. The van der Waals surface area contributed by atoms with Crippen molar-refractivity contribution in [2.24, 2.45) is 0 Å². The SMILES string of the molecule is CC(C)(C)c1cc(C(=O)NC2CCOc3ccccc32)n[nH]1. The van der Waals surface area contributed by atoms with E-state index in [1.807, 2.05) is 30.3 Å². The Labute approximate surface area is 130 Å². The molecule has 1 aliphatic rings. The van der Waals surface area contributed by atoms with Crippen molar-refractivity contribution in [3.63, 3.8) is 0 Å². The number of carbonyl (C=O) groups excluding carboxylic acids is 1. The van der Waals surface area contributed by atoms with E-state index in [9.17, 15) is 4.79 Å². The number of aromatic amines is 1. The molecule has 0 aliphatic carbocycles. The van der Waals surface area contributed by atoms with Gasteiger partial charge in [-0.25, -0.2) is 0 Å². The van der Waals surface area contributed by atoms with Gasteiger partial charge in [0.1, 0.15) is 11.4 Å². The van der Waals surface area contributed by atoms with E-state index in [1.165, 1.54) is 0 Å². The zero-order valence-corrected chi connectivity index (χ0v) is 13.1. The molecule has 1 aromatic carbocycles. The quantitative estimate of drug-likeness (QED) is 0.896. The lowest BCUT2D eigenvalue weighted by Crippen LogP contribution is -2.32. The molecule has 1 aliphatic heterocycles. The van der Waals surface area contributed by atoms with Gasteiger partial charge in [0.05, 0.1) is 12.6 Å². The van der Waals surface area contributed by atoms with E-state index in [2.05, 4.69) is 36.3 Å². The Morgan fingerprint density at radius 1 is 1.36 bits per heavy atom. The van der Waals surface area contributed by atoms with Crippen LogP contribution in [0.4, 0.5) is 0 Å². The maximum absolute atomic E-state index is 12.4. The highest BCUT2D eigenvalue weighted by molar-refractivity contribution is 5.92. The number of hydrogen-bond acceptors (Lipinski definition) is 3. The van der Waals surface area contributed by atoms with E-state index in [4.69, 9.17) is 4.74 Å². The highest BCUT2D eigenvalue weighted by Crippen LogP contribution is 2.31. The molecule has 2 heterocycles. The Bertz CT molecular complexity index is 685. The fraction of sp³-hybridized carbons (Fsp3) is 0.412. The summed E-state index contributed by atoms with van der Waals surface area (Å²) in [5, 5.41) is 10.1. The monoisotopic (exact) mass is 299 g/mol. The fourth-order valence-corrected chi connectivity index (χ4v) is 2.55. The van der Waals surface area contributed by atoms with Crippen LogP contribution in [0.2, 0.25) is 0 Å². The first-order valence-electron chi connectivity index (χ1n) is 7.53. The van der Waals surface area contributed by atoms with E-state index >= 15 is 0 Å². The molecule has 1 atom stereocenters. The summed E-state index contributed by atoms with van der Waals surface area (Å²) in [4.78, 5) is 12.4. The molecule has 1 amide bonds. The van der Waals surface area contributed by atoms with Crippen molar-refractivity contribution >= 4 is 5.91 Å². The van der Waals surface area contributed by atoms with E-state index in [1.54, 1.807) is 0 Å². The molecule has 22 heavy (non-hydrogen) atoms. The molecule has 0 saturated heterocycles. The largest absolute Gasteiger partial charge is 0.493 e. The minimum atomic E-state index is -0.159. The molecule has 1 unspecified atom stereocenters. The minimum absolute atomic E-state index is 0.0350. The standard InChI is InChI=1S/C17H21N3O2/c1-17(2,3)15-10-13(19-20-15)16(21)18-12-8-9-22-14-7-5-4-6-11(12)14/h4-7,10,12H,8-9H2,1-3H3,(H,18,21)(H,19,20). The smallest absolute Gasteiger partial charge is 0.272 e. The first kappa shape index (κ1) is 14.6. The first-order valence-corrected chi connectivity index (χ1v) is 7.53. The molecular formula is C17H21N3O2.